The highest BCUT2D eigenvalue weighted by atomic mass is 16.2. The molecule has 1 saturated carbocycles. The van der Waals surface area contributed by atoms with Gasteiger partial charge in [0.2, 0.25) is 5.91 Å². The molecule has 0 spiro atoms. The van der Waals surface area contributed by atoms with Crippen LogP contribution in [0.25, 0.3) is 0 Å². The molecule has 0 unspecified atom stereocenters. The van der Waals surface area contributed by atoms with Crippen molar-refractivity contribution in [2.75, 3.05) is 19.0 Å². The molecule has 0 radical (unpaired) electrons. The van der Waals surface area contributed by atoms with Gasteiger partial charge in [-0.2, -0.15) is 0 Å². The van der Waals surface area contributed by atoms with E-state index in [-0.39, 0.29) is 17.7 Å². The van der Waals surface area contributed by atoms with Crippen LogP contribution in [0.15, 0.2) is 24.3 Å². The molecule has 2 amide bonds. The fourth-order valence-corrected chi connectivity index (χ4v) is 2.41. The number of carbonyl (C=O) groups is 2. The van der Waals surface area contributed by atoms with Crippen molar-refractivity contribution >= 4 is 17.5 Å². The van der Waals surface area contributed by atoms with Crippen molar-refractivity contribution in [1.82, 2.24) is 10.9 Å². The van der Waals surface area contributed by atoms with Crippen LogP contribution in [0.5, 0.6) is 0 Å². The summed E-state index contributed by atoms with van der Waals surface area (Å²) in [7, 11) is 3.83. The number of nitrogens with zero attached hydrogens (tertiary/aromatic N) is 1. The lowest BCUT2D eigenvalue weighted by molar-refractivity contribution is -0.125. The fourth-order valence-electron chi connectivity index (χ4n) is 2.41. The molecule has 5 nitrogen and oxygen atoms in total. The number of benzene rings is 1. The Labute approximate surface area is 119 Å². The zero-order valence-electron chi connectivity index (χ0n) is 12.0. The molecule has 0 saturated heterocycles. The summed E-state index contributed by atoms with van der Waals surface area (Å²) in [4.78, 5) is 25.7. The number of carbonyl (C=O) groups excluding carboxylic acids is 2. The number of hydrazine groups is 1. The van der Waals surface area contributed by atoms with Gasteiger partial charge in [-0.15, -0.1) is 0 Å². The molecule has 0 bridgehead atoms. The molecule has 20 heavy (non-hydrogen) atoms. The van der Waals surface area contributed by atoms with Crippen molar-refractivity contribution < 1.29 is 9.59 Å². The summed E-state index contributed by atoms with van der Waals surface area (Å²) in [5, 5.41) is 0. The van der Waals surface area contributed by atoms with Crippen molar-refractivity contribution in [3.05, 3.63) is 29.8 Å². The maximum Gasteiger partial charge on any atom is 0.269 e. The molecule has 1 aromatic carbocycles. The van der Waals surface area contributed by atoms with Gasteiger partial charge in [-0.3, -0.25) is 20.4 Å². The van der Waals surface area contributed by atoms with Gasteiger partial charge in [0.1, 0.15) is 0 Å². The van der Waals surface area contributed by atoms with Crippen LogP contribution in [0.3, 0.4) is 0 Å². The van der Waals surface area contributed by atoms with Gasteiger partial charge in [0, 0.05) is 31.3 Å². The third-order valence-electron chi connectivity index (χ3n) is 3.65. The van der Waals surface area contributed by atoms with Gasteiger partial charge in [0.05, 0.1) is 0 Å². The normalized spacial score (nSPS) is 14.9. The summed E-state index contributed by atoms with van der Waals surface area (Å²) in [6.45, 7) is 0. The minimum atomic E-state index is -0.292. The fraction of sp³-hybridized carbons (Fsp3) is 0.467. The topological polar surface area (TPSA) is 61.4 Å². The summed E-state index contributed by atoms with van der Waals surface area (Å²) in [5.74, 6) is -0.330. The molecule has 5 heteroatoms. The Morgan fingerprint density at radius 1 is 1.15 bits per heavy atom. The molecule has 2 rings (SSSR count). The van der Waals surface area contributed by atoms with Crippen LogP contribution in [-0.2, 0) is 4.79 Å². The summed E-state index contributed by atoms with van der Waals surface area (Å²) < 4.78 is 0. The Morgan fingerprint density at radius 2 is 1.85 bits per heavy atom. The molecule has 1 aliphatic carbocycles. The average Bonchev–Trinajstić information content (AvgIpc) is 2.98. The molecule has 108 valence electrons. The van der Waals surface area contributed by atoms with E-state index in [1.807, 2.05) is 31.1 Å². The van der Waals surface area contributed by atoms with Gasteiger partial charge >= 0.3 is 0 Å². The van der Waals surface area contributed by atoms with E-state index in [9.17, 15) is 9.59 Å². The first-order chi connectivity index (χ1) is 9.58. The monoisotopic (exact) mass is 275 g/mol. The first kappa shape index (κ1) is 14.4. The Bertz CT molecular complexity index is 494. The second-order valence-electron chi connectivity index (χ2n) is 5.37. The highest BCUT2D eigenvalue weighted by Gasteiger charge is 2.22. The second-order valence-corrected chi connectivity index (χ2v) is 5.37. The van der Waals surface area contributed by atoms with Gasteiger partial charge in [-0.1, -0.05) is 18.9 Å². The SMILES string of the molecule is CN(C)c1cccc(C(=O)NNC(=O)C2CCCC2)c1. The maximum atomic E-state index is 12.0. The molecule has 0 aromatic heterocycles. The lowest BCUT2D eigenvalue weighted by Gasteiger charge is -2.14. The first-order valence-electron chi connectivity index (χ1n) is 6.95. The van der Waals surface area contributed by atoms with Gasteiger partial charge in [-0.25, -0.2) is 0 Å². The number of amides is 2. The van der Waals surface area contributed by atoms with Crippen LogP contribution in [0.2, 0.25) is 0 Å². The Balaban J connectivity index is 1.91. The summed E-state index contributed by atoms with van der Waals surface area (Å²) in [5.41, 5.74) is 6.48. The Morgan fingerprint density at radius 3 is 2.50 bits per heavy atom. The predicted molar refractivity (Wildman–Crippen MR) is 78.3 cm³/mol. The van der Waals surface area contributed by atoms with E-state index in [2.05, 4.69) is 10.9 Å². The third-order valence-corrected chi connectivity index (χ3v) is 3.65. The molecular formula is C15H21N3O2. The third kappa shape index (κ3) is 3.50. The molecule has 0 atom stereocenters. The molecule has 1 fully saturated rings. The summed E-state index contributed by atoms with van der Waals surface area (Å²) in [6.07, 6.45) is 4.02. The van der Waals surface area contributed by atoms with Crippen molar-refractivity contribution in [3.63, 3.8) is 0 Å². The molecule has 1 aliphatic rings. The molecule has 1 aromatic rings. The minimum absolute atomic E-state index is 0.0448. The van der Waals surface area contributed by atoms with Crippen LogP contribution < -0.4 is 15.8 Å². The van der Waals surface area contributed by atoms with Crippen molar-refractivity contribution in [2.45, 2.75) is 25.7 Å². The van der Waals surface area contributed by atoms with E-state index < -0.39 is 0 Å². The largest absolute Gasteiger partial charge is 0.378 e. The van der Waals surface area contributed by atoms with E-state index >= 15 is 0 Å². The lowest BCUT2D eigenvalue weighted by atomic mass is 10.1. The Hall–Kier alpha value is -2.04. The first-order valence-corrected chi connectivity index (χ1v) is 6.95. The quantitative estimate of drug-likeness (QED) is 0.825. The zero-order chi connectivity index (χ0) is 14.5. The van der Waals surface area contributed by atoms with Gasteiger partial charge in [0.25, 0.3) is 5.91 Å². The number of nitrogens with one attached hydrogen (secondary N) is 2. The van der Waals surface area contributed by atoms with E-state index in [0.29, 0.717) is 5.56 Å². The lowest BCUT2D eigenvalue weighted by Crippen LogP contribution is -2.44. The minimum Gasteiger partial charge on any atom is -0.378 e. The number of hydrogen-bond acceptors (Lipinski definition) is 3. The van der Waals surface area contributed by atoms with Crippen LogP contribution >= 0.6 is 0 Å². The standard InChI is InChI=1S/C15H21N3O2/c1-18(2)13-9-5-8-12(10-13)15(20)17-16-14(19)11-6-3-4-7-11/h5,8-11H,3-4,6-7H2,1-2H3,(H,16,19)(H,17,20). The number of anilines is 1. The van der Waals surface area contributed by atoms with Crippen molar-refractivity contribution in [3.8, 4) is 0 Å². The maximum absolute atomic E-state index is 12.0. The van der Waals surface area contributed by atoms with E-state index in [0.717, 1.165) is 31.4 Å². The number of hydrogen-bond donors (Lipinski definition) is 2. The van der Waals surface area contributed by atoms with Crippen molar-refractivity contribution in [1.29, 1.82) is 0 Å². The predicted octanol–water partition coefficient (Wildman–Crippen LogP) is 1.70. The highest BCUT2D eigenvalue weighted by Crippen LogP contribution is 2.24. The molecule has 2 N–H and O–H groups in total. The van der Waals surface area contributed by atoms with Crippen LogP contribution in [0.1, 0.15) is 36.0 Å². The van der Waals surface area contributed by atoms with E-state index in [1.165, 1.54) is 0 Å². The highest BCUT2D eigenvalue weighted by molar-refractivity contribution is 5.96. The van der Waals surface area contributed by atoms with Crippen LogP contribution in [0.4, 0.5) is 5.69 Å². The molecular weight excluding hydrogens is 254 g/mol. The van der Waals surface area contributed by atoms with Crippen molar-refractivity contribution in [2.24, 2.45) is 5.92 Å². The van der Waals surface area contributed by atoms with E-state index in [1.54, 1.807) is 12.1 Å². The smallest absolute Gasteiger partial charge is 0.269 e. The number of rotatable bonds is 3. The molecule has 0 aliphatic heterocycles. The van der Waals surface area contributed by atoms with Crippen LogP contribution in [0, 0.1) is 5.92 Å². The zero-order valence-corrected chi connectivity index (χ0v) is 12.0. The second kappa shape index (κ2) is 6.41. The average molecular weight is 275 g/mol. The summed E-state index contributed by atoms with van der Waals surface area (Å²) >= 11 is 0. The van der Waals surface area contributed by atoms with Gasteiger partial charge < -0.3 is 4.90 Å². The molecule has 0 heterocycles. The Kier molecular flexibility index (Phi) is 4.61. The van der Waals surface area contributed by atoms with E-state index in [4.69, 9.17) is 0 Å². The van der Waals surface area contributed by atoms with Gasteiger partial charge in [0.15, 0.2) is 0 Å². The van der Waals surface area contributed by atoms with Crippen LogP contribution in [-0.4, -0.2) is 25.9 Å². The van der Waals surface area contributed by atoms with Gasteiger partial charge in [-0.05, 0) is 31.0 Å². The summed E-state index contributed by atoms with van der Waals surface area (Å²) in [6, 6.07) is 7.26.